The fourth-order valence-corrected chi connectivity index (χ4v) is 4.26. The third-order valence-corrected chi connectivity index (χ3v) is 5.76. The van der Waals surface area contributed by atoms with E-state index in [1.165, 1.54) is 12.0 Å². The molecular formula is C23H30N6. The van der Waals surface area contributed by atoms with Gasteiger partial charge in [0.1, 0.15) is 0 Å². The van der Waals surface area contributed by atoms with Crippen LogP contribution in [0.1, 0.15) is 30.3 Å². The van der Waals surface area contributed by atoms with Gasteiger partial charge in [-0.1, -0.05) is 30.3 Å². The standard InChI is InChI=1S/C23H30N6/c1-4-29-18(3)22(17(2)27-29)21-10-12-24-23(26-21)25-14-20-11-13-28(16-20)15-19-8-6-5-7-9-19/h5-10,12,20H,4,11,13-16H2,1-3H3,(H,24,25,26)/t20-/m1/s1. The van der Waals surface area contributed by atoms with Crippen molar-refractivity contribution in [2.75, 3.05) is 25.0 Å². The van der Waals surface area contributed by atoms with E-state index in [-0.39, 0.29) is 0 Å². The van der Waals surface area contributed by atoms with Crippen LogP contribution in [-0.4, -0.2) is 44.3 Å². The van der Waals surface area contributed by atoms with Crippen LogP contribution < -0.4 is 5.32 Å². The van der Waals surface area contributed by atoms with Gasteiger partial charge in [-0.15, -0.1) is 0 Å². The summed E-state index contributed by atoms with van der Waals surface area (Å²) in [7, 11) is 0. The van der Waals surface area contributed by atoms with E-state index in [0.717, 1.165) is 55.4 Å². The zero-order valence-electron chi connectivity index (χ0n) is 17.6. The van der Waals surface area contributed by atoms with Crippen LogP contribution in [0.5, 0.6) is 0 Å². The molecule has 0 unspecified atom stereocenters. The highest BCUT2D eigenvalue weighted by Crippen LogP contribution is 2.26. The van der Waals surface area contributed by atoms with E-state index in [1.807, 2.05) is 23.9 Å². The summed E-state index contributed by atoms with van der Waals surface area (Å²) in [6, 6.07) is 12.7. The van der Waals surface area contributed by atoms with Gasteiger partial charge >= 0.3 is 0 Å². The van der Waals surface area contributed by atoms with Gasteiger partial charge in [-0.3, -0.25) is 9.58 Å². The molecule has 0 bridgehead atoms. The van der Waals surface area contributed by atoms with Crippen LogP contribution in [0, 0.1) is 19.8 Å². The first kappa shape index (κ1) is 19.6. The summed E-state index contributed by atoms with van der Waals surface area (Å²) in [5.41, 5.74) is 5.61. The van der Waals surface area contributed by atoms with E-state index in [0.29, 0.717) is 11.9 Å². The first-order valence-electron chi connectivity index (χ1n) is 10.5. The van der Waals surface area contributed by atoms with Crippen LogP contribution in [-0.2, 0) is 13.1 Å². The second-order valence-electron chi connectivity index (χ2n) is 7.88. The lowest BCUT2D eigenvalue weighted by molar-refractivity contribution is 0.319. The van der Waals surface area contributed by atoms with Gasteiger partial charge in [-0.05, 0) is 51.3 Å². The Morgan fingerprint density at radius 2 is 1.97 bits per heavy atom. The molecule has 0 radical (unpaired) electrons. The fourth-order valence-electron chi connectivity index (χ4n) is 4.26. The van der Waals surface area contributed by atoms with Crippen LogP contribution in [0.2, 0.25) is 0 Å². The van der Waals surface area contributed by atoms with Crippen molar-refractivity contribution >= 4 is 5.95 Å². The molecule has 6 nitrogen and oxygen atoms in total. The van der Waals surface area contributed by atoms with Crippen molar-refractivity contribution in [3.63, 3.8) is 0 Å². The maximum absolute atomic E-state index is 4.77. The Kier molecular flexibility index (Phi) is 5.90. The molecule has 1 aliphatic rings. The minimum absolute atomic E-state index is 0.622. The lowest BCUT2D eigenvalue weighted by Crippen LogP contribution is -2.23. The maximum atomic E-state index is 4.77. The largest absolute Gasteiger partial charge is 0.354 e. The highest BCUT2D eigenvalue weighted by atomic mass is 15.3. The van der Waals surface area contributed by atoms with E-state index in [2.05, 4.69) is 64.5 Å². The quantitative estimate of drug-likeness (QED) is 0.663. The molecule has 29 heavy (non-hydrogen) atoms. The molecule has 4 rings (SSSR count). The molecule has 1 saturated heterocycles. The Morgan fingerprint density at radius 1 is 1.14 bits per heavy atom. The van der Waals surface area contributed by atoms with Crippen molar-refractivity contribution in [3.8, 4) is 11.3 Å². The molecule has 3 aromatic rings. The van der Waals surface area contributed by atoms with Gasteiger partial charge in [-0.2, -0.15) is 5.10 Å². The smallest absolute Gasteiger partial charge is 0.223 e. The lowest BCUT2D eigenvalue weighted by Gasteiger charge is -2.16. The molecule has 152 valence electrons. The summed E-state index contributed by atoms with van der Waals surface area (Å²) >= 11 is 0. The van der Waals surface area contributed by atoms with E-state index in [1.54, 1.807) is 0 Å². The van der Waals surface area contributed by atoms with Gasteiger partial charge in [0, 0.05) is 43.6 Å². The highest BCUT2D eigenvalue weighted by Gasteiger charge is 2.22. The molecule has 0 amide bonds. The third kappa shape index (κ3) is 4.48. The van der Waals surface area contributed by atoms with Crippen molar-refractivity contribution in [2.24, 2.45) is 5.92 Å². The minimum Gasteiger partial charge on any atom is -0.354 e. The summed E-state index contributed by atoms with van der Waals surface area (Å²) in [6.45, 7) is 11.3. The predicted molar refractivity (Wildman–Crippen MR) is 117 cm³/mol. The summed E-state index contributed by atoms with van der Waals surface area (Å²) < 4.78 is 2.03. The van der Waals surface area contributed by atoms with Gasteiger partial charge in [0.15, 0.2) is 0 Å². The Bertz CT molecular complexity index is 949. The molecular weight excluding hydrogens is 360 g/mol. The maximum Gasteiger partial charge on any atom is 0.223 e. The Labute approximate surface area is 173 Å². The molecule has 0 aliphatic carbocycles. The molecule has 2 aromatic heterocycles. The first-order chi connectivity index (χ1) is 14.1. The summed E-state index contributed by atoms with van der Waals surface area (Å²) in [5.74, 6) is 1.32. The van der Waals surface area contributed by atoms with E-state index >= 15 is 0 Å². The van der Waals surface area contributed by atoms with Crippen LogP contribution in [0.3, 0.4) is 0 Å². The number of nitrogens with zero attached hydrogens (tertiary/aromatic N) is 5. The number of anilines is 1. The topological polar surface area (TPSA) is 58.9 Å². The molecule has 1 aromatic carbocycles. The minimum atomic E-state index is 0.622. The van der Waals surface area contributed by atoms with E-state index in [4.69, 9.17) is 4.98 Å². The second kappa shape index (κ2) is 8.74. The molecule has 1 atom stereocenters. The number of nitrogens with one attached hydrogen (secondary N) is 1. The molecule has 3 heterocycles. The number of rotatable bonds is 7. The van der Waals surface area contributed by atoms with Gasteiger partial charge in [-0.25, -0.2) is 9.97 Å². The monoisotopic (exact) mass is 390 g/mol. The van der Waals surface area contributed by atoms with Crippen molar-refractivity contribution in [3.05, 3.63) is 59.5 Å². The van der Waals surface area contributed by atoms with Gasteiger partial charge < -0.3 is 5.32 Å². The molecule has 1 aliphatic heterocycles. The van der Waals surface area contributed by atoms with Gasteiger partial charge in [0.25, 0.3) is 0 Å². The summed E-state index contributed by atoms with van der Waals surface area (Å²) in [6.07, 6.45) is 3.05. The van der Waals surface area contributed by atoms with E-state index < -0.39 is 0 Å². The average Bonchev–Trinajstić information content (AvgIpc) is 3.30. The van der Waals surface area contributed by atoms with Gasteiger partial charge in [0.2, 0.25) is 5.95 Å². The number of likely N-dealkylation sites (tertiary alicyclic amines) is 1. The van der Waals surface area contributed by atoms with Crippen LogP contribution in [0.15, 0.2) is 42.6 Å². The van der Waals surface area contributed by atoms with Gasteiger partial charge in [0.05, 0.1) is 11.4 Å². The summed E-state index contributed by atoms with van der Waals surface area (Å²) in [4.78, 5) is 11.7. The summed E-state index contributed by atoms with van der Waals surface area (Å²) in [5, 5.41) is 8.08. The van der Waals surface area contributed by atoms with Crippen molar-refractivity contribution in [1.29, 1.82) is 0 Å². The normalized spacial score (nSPS) is 17.0. The Morgan fingerprint density at radius 3 is 2.72 bits per heavy atom. The fraction of sp³-hybridized carbons (Fsp3) is 0.435. The Hall–Kier alpha value is -2.73. The number of benzene rings is 1. The van der Waals surface area contributed by atoms with Crippen molar-refractivity contribution in [2.45, 2.75) is 40.3 Å². The SMILES string of the molecule is CCn1nc(C)c(-c2ccnc(NC[C@H]3CCN(Cc4ccccc4)C3)n2)c1C. The lowest BCUT2D eigenvalue weighted by atomic mass is 10.1. The number of hydrogen-bond donors (Lipinski definition) is 1. The zero-order chi connectivity index (χ0) is 20.2. The number of aromatic nitrogens is 4. The highest BCUT2D eigenvalue weighted by molar-refractivity contribution is 5.65. The molecule has 1 N–H and O–H groups in total. The molecule has 0 spiro atoms. The zero-order valence-corrected chi connectivity index (χ0v) is 17.6. The molecule has 6 heteroatoms. The van der Waals surface area contributed by atoms with Crippen LogP contribution in [0.25, 0.3) is 11.3 Å². The van der Waals surface area contributed by atoms with Crippen LogP contribution in [0.4, 0.5) is 5.95 Å². The second-order valence-corrected chi connectivity index (χ2v) is 7.88. The predicted octanol–water partition coefficient (Wildman–Crippen LogP) is 3.91. The van der Waals surface area contributed by atoms with Crippen LogP contribution >= 0.6 is 0 Å². The average molecular weight is 391 g/mol. The van der Waals surface area contributed by atoms with E-state index in [9.17, 15) is 0 Å². The van der Waals surface area contributed by atoms with Crippen molar-refractivity contribution < 1.29 is 0 Å². The molecule has 1 fully saturated rings. The van der Waals surface area contributed by atoms with Crippen molar-refractivity contribution in [1.82, 2.24) is 24.6 Å². The number of hydrogen-bond acceptors (Lipinski definition) is 5. The number of aryl methyl sites for hydroxylation is 2. The first-order valence-corrected chi connectivity index (χ1v) is 10.5. The third-order valence-electron chi connectivity index (χ3n) is 5.76. The molecule has 0 saturated carbocycles. The Balaban J connectivity index is 1.36.